The van der Waals surface area contributed by atoms with Crippen molar-refractivity contribution in [2.24, 2.45) is 0 Å². The van der Waals surface area contributed by atoms with E-state index in [1.54, 1.807) is 0 Å². The maximum atomic E-state index is 4.48. The smallest absolute Gasteiger partial charge is 0.0645 e. The third-order valence-electron chi connectivity index (χ3n) is 3.78. The van der Waals surface area contributed by atoms with Gasteiger partial charge in [0.2, 0.25) is 0 Å². The summed E-state index contributed by atoms with van der Waals surface area (Å²) in [5.41, 5.74) is 6.21. The van der Waals surface area contributed by atoms with Gasteiger partial charge < -0.3 is 5.32 Å². The number of benzene rings is 2. The van der Waals surface area contributed by atoms with Gasteiger partial charge in [-0.3, -0.25) is 0 Å². The van der Waals surface area contributed by atoms with E-state index in [0.717, 1.165) is 18.7 Å². The van der Waals surface area contributed by atoms with E-state index in [4.69, 9.17) is 0 Å². The number of rotatable bonds is 2. The summed E-state index contributed by atoms with van der Waals surface area (Å²) in [4.78, 5) is 0. The Morgan fingerprint density at radius 3 is 2.80 bits per heavy atom. The fraction of sp³-hybridized carbons (Fsp3) is 0.118. The van der Waals surface area contributed by atoms with Gasteiger partial charge in [-0.15, -0.1) is 0 Å². The van der Waals surface area contributed by atoms with Crippen molar-refractivity contribution >= 4 is 5.69 Å². The lowest BCUT2D eigenvalue weighted by molar-refractivity contribution is 0.881. The minimum absolute atomic E-state index is 1.03. The van der Waals surface area contributed by atoms with Crippen LogP contribution in [0.1, 0.15) is 5.56 Å². The van der Waals surface area contributed by atoms with Crippen LogP contribution in [-0.2, 0) is 6.42 Å². The highest BCUT2D eigenvalue weighted by Gasteiger charge is 2.15. The maximum Gasteiger partial charge on any atom is 0.0645 e. The predicted octanol–water partition coefficient (Wildman–Crippen LogP) is 3.51. The highest BCUT2D eigenvalue weighted by molar-refractivity contribution is 5.75. The lowest BCUT2D eigenvalue weighted by atomic mass is 10.0. The Labute approximate surface area is 117 Å². The number of hydrogen-bond donors (Lipinski definition) is 1. The molecule has 0 spiro atoms. The summed E-state index contributed by atoms with van der Waals surface area (Å²) in [6, 6.07) is 16.6. The van der Waals surface area contributed by atoms with Gasteiger partial charge in [-0.25, -0.2) is 4.68 Å². The van der Waals surface area contributed by atoms with E-state index in [-0.39, 0.29) is 0 Å². The third kappa shape index (κ3) is 1.79. The Hall–Kier alpha value is -2.55. The molecule has 3 nitrogen and oxygen atoms in total. The molecule has 98 valence electrons. The van der Waals surface area contributed by atoms with E-state index < -0.39 is 0 Å². The molecule has 0 unspecified atom stereocenters. The summed E-state index contributed by atoms with van der Waals surface area (Å²) in [7, 11) is 0. The average Bonchev–Trinajstić information content (AvgIpc) is 3.17. The zero-order valence-corrected chi connectivity index (χ0v) is 11.1. The molecule has 1 aliphatic heterocycles. The standard InChI is InChI=1S/C17H15N3/c1-2-5-14(6-3-1)20-12-13(11-19-20)15-7-4-8-17-16(15)9-10-18-17/h1-8,11-12,18H,9-10H2. The zero-order chi connectivity index (χ0) is 13.4. The summed E-state index contributed by atoms with van der Waals surface area (Å²) in [6.07, 6.45) is 5.13. The van der Waals surface area contributed by atoms with Crippen LogP contribution in [0.15, 0.2) is 60.9 Å². The summed E-state index contributed by atoms with van der Waals surface area (Å²) in [5, 5.41) is 7.91. The molecule has 2 heterocycles. The third-order valence-corrected chi connectivity index (χ3v) is 3.78. The van der Waals surface area contributed by atoms with Crippen molar-refractivity contribution in [1.82, 2.24) is 9.78 Å². The van der Waals surface area contributed by atoms with Crippen LogP contribution in [0.2, 0.25) is 0 Å². The maximum absolute atomic E-state index is 4.48. The van der Waals surface area contributed by atoms with Gasteiger partial charge in [0, 0.05) is 24.0 Å². The number of para-hydroxylation sites is 1. The molecule has 0 radical (unpaired) electrons. The molecule has 2 aromatic carbocycles. The molecule has 3 heteroatoms. The van der Waals surface area contributed by atoms with Gasteiger partial charge in [0.05, 0.1) is 11.9 Å². The van der Waals surface area contributed by atoms with Gasteiger partial charge >= 0.3 is 0 Å². The molecular weight excluding hydrogens is 246 g/mol. The Morgan fingerprint density at radius 2 is 1.90 bits per heavy atom. The number of nitrogens with one attached hydrogen (secondary N) is 1. The lowest BCUT2D eigenvalue weighted by Crippen LogP contribution is -1.92. The van der Waals surface area contributed by atoms with Crippen molar-refractivity contribution < 1.29 is 0 Å². The van der Waals surface area contributed by atoms with E-state index in [2.05, 4.69) is 46.9 Å². The molecule has 0 bridgehead atoms. The van der Waals surface area contributed by atoms with Gasteiger partial charge in [0.25, 0.3) is 0 Å². The first kappa shape index (κ1) is 11.3. The molecule has 1 aromatic heterocycles. The van der Waals surface area contributed by atoms with Crippen LogP contribution in [0.5, 0.6) is 0 Å². The molecule has 0 aliphatic carbocycles. The minimum Gasteiger partial charge on any atom is -0.384 e. The summed E-state index contributed by atoms with van der Waals surface area (Å²) in [5.74, 6) is 0. The molecule has 0 saturated heterocycles. The molecular formula is C17H15N3. The van der Waals surface area contributed by atoms with Gasteiger partial charge in [0.15, 0.2) is 0 Å². The monoisotopic (exact) mass is 261 g/mol. The Balaban J connectivity index is 1.78. The molecule has 3 aromatic rings. The van der Waals surface area contributed by atoms with E-state index >= 15 is 0 Å². The van der Waals surface area contributed by atoms with Crippen LogP contribution in [-0.4, -0.2) is 16.3 Å². The van der Waals surface area contributed by atoms with Crippen LogP contribution in [0, 0.1) is 0 Å². The largest absolute Gasteiger partial charge is 0.384 e. The van der Waals surface area contributed by atoms with Gasteiger partial charge in [-0.1, -0.05) is 30.3 Å². The van der Waals surface area contributed by atoms with Crippen LogP contribution < -0.4 is 5.32 Å². The fourth-order valence-electron chi connectivity index (χ4n) is 2.80. The predicted molar refractivity (Wildman–Crippen MR) is 81.2 cm³/mol. The van der Waals surface area contributed by atoms with Crippen molar-refractivity contribution in [3.63, 3.8) is 0 Å². The molecule has 0 amide bonds. The second-order valence-corrected chi connectivity index (χ2v) is 5.02. The minimum atomic E-state index is 1.03. The Kier molecular flexibility index (Phi) is 2.56. The number of anilines is 1. The van der Waals surface area contributed by atoms with Crippen molar-refractivity contribution in [2.45, 2.75) is 6.42 Å². The first-order valence-electron chi connectivity index (χ1n) is 6.88. The highest BCUT2D eigenvalue weighted by Crippen LogP contribution is 2.32. The van der Waals surface area contributed by atoms with Crippen molar-refractivity contribution in [3.8, 4) is 16.8 Å². The molecule has 0 saturated carbocycles. The quantitative estimate of drug-likeness (QED) is 0.765. The SMILES string of the molecule is c1ccc(-n2cc(-c3cccc4c3CCN4)cn2)cc1. The molecule has 0 fully saturated rings. The first-order valence-corrected chi connectivity index (χ1v) is 6.88. The summed E-state index contributed by atoms with van der Waals surface area (Å²) in [6.45, 7) is 1.03. The number of aromatic nitrogens is 2. The molecule has 4 rings (SSSR count). The zero-order valence-electron chi connectivity index (χ0n) is 11.1. The molecule has 0 atom stereocenters. The van der Waals surface area contributed by atoms with Gasteiger partial charge in [-0.2, -0.15) is 5.10 Å². The Morgan fingerprint density at radius 1 is 1.00 bits per heavy atom. The number of hydrogen-bond acceptors (Lipinski definition) is 2. The lowest BCUT2D eigenvalue weighted by Gasteiger charge is -2.05. The molecule has 20 heavy (non-hydrogen) atoms. The average molecular weight is 261 g/mol. The topological polar surface area (TPSA) is 29.9 Å². The van der Waals surface area contributed by atoms with Crippen LogP contribution in [0.3, 0.4) is 0 Å². The first-order chi connectivity index (χ1) is 9.92. The second kappa shape index (κ2) is 4.53. The van der Waals surface area contributed by atoms with E-state index in [0.29, 0.717) is 0 Å². The van der Waals surface area contributed by atoms with Crippen molar-refractivity contribution in [3.05, 3.63) is 66.5 Å². The van der Waals surface area contributed by atoms with E-state index in [9.17, 15) is 0 Å². The van der Waals surface area contributed by atoms with E-state index in [1.807, 2.05) is 29.1 Å². The highest BCUT2D eigenvalue weighted by atomic mass is 15.3. The molecule has 1 aliphatic rings. The van der Waals surface area contributed by atoms with Crippen molar-refractivity contribution in [1.29, 1.82) is 0 Å². The van der Waals surface area contributed by atoms with Gasteiger partial charge in [0.1, 0.15) is 0 Å². The van der Waals surface area contributed by atoms with E-state index in [1.165, 1.54) is 22.4 Å². The summed E-state index contributed by atoms with van der Waals surface area (Å²) < 4.78 is 1.93. The summed E-state index contributed by atoms with van der Waals surface area (Å²) >= 11 is 0. The molecule has 1 N–H and O–H groups in total. The van der Waals surface area contributed by atoms with Crippen LogP contribution in [0.4, 0.5) is 5.69 Å². The fourth-order valence-corrected chi connectivity index (χ4v) is 2.80. The van der Waals surface area contributed by atoms with Gasteiger partial charge in [-0.05, 0) is 35.7 Å². The number of fused-ring (bicyclic) bond motifs is 1. The van der Waals surface area contributed by atoms with Crippen LogP contribution in [0.25, 0.3) is 16.8 Å². The number of nitrogens with zero attached hydrogens (tertiary/aromatic N) is 2. The Bertz CT molecular complexity index is 744. The van der Waals surface area contributed by atoms with Crippen LogP contribution >= 0.6 is 0 Å². The van der Waals surface area contributed by atoms with Crippen molar-refractivity contribution in [2.75, 3.05) is 11.9 Å². The second-order valence-electron chi connectivity index (χ2n) is 5.02. The normalized spacial score (nSPS) is 13.0.